The van der Waals surface area contributed by atoms with E-state index in [1.54, 1.807) is 66.9 Å². The molecule has 3 aliphatic heterocycles. The Morgan fingerprint density at radius 2 is 0.604 bits per heavy atom. The molecular weight excluding hydrogens is 689 g/mol. The Morgan fingerprint density at radius 3 is 0.833 bits per heavy atom. The van der Waals surface area contributed by atoms with Gasteiger partial charge < -0.3 is 0 Å². The highest BCUT2D eigenvalue weighted by molar-refractivity contribution is 9.18. The second-order valence-corrected chi connectivity index (χ2v) is 47.3. The minimum Gasteiger partial charge on any atom is -0.162 e. The van der Waals surface area contributed by atoms with Gasteiger partial charge in [0.1, 0.15) is 0 Å². The number of allylic oxidation sites excluding steroid dienone is 10. The van der Waals surface area contributed by atoms with Crippen LogP contribution in [0.3, 0.4) is 0 Å². The predicted molar refractivity (Wildman–Crippen MR) is 223 cm³/mol. The third-order valence-electron chi connectivity index (χ3n) is 20.8. The second kappa shape index (κ2) is 8.03. The van der Waals surface area contributed by atoms with Crippen molar-refractivity contribution in [3.63, 3.8) is 0 Å². The van der Waals surface area contributed by atoms with E-state index in [0.717, 1.165) is 0 Å². The van der Waals surface area contributed by atoms with Crippen LogP contribution in [0.1, 0.15) is 138 Å². The van der Waals surface area contributed by atoms with Crippen molar-refractivity contribution in [1.29, 1.82) is 0 Å². The lowest BCUT2D eigenvalue weighted by Gasteiger charge is -2.63. The zero-order valence-corrected chi connectivity index (χ0v) is 38.9. The van der Waals surface area contributed by atoms with Crippen LogP contribution in [-0.2, 0) is 0 Å². The summed E-state index contributed by atoms with van der Waals surface area (Å²) in [7, 11) is 5.58. The van der Waals surface area contributed by atoms with Gasteiger partial charge in [-0.3, -0.25) is 0 Å². The lowest BCUT2D eigenvalue weighted by molar-refractivity contribution is 0.325. The fraction of sp³-hybridized carbons (Fsp3) is 0.714. The van der Waals surface area contributed by atoms with Gasteiger partial charge in [0, 0.05) is 52.1 Å². The minimum atomic E-state index is -2.11. The van der Waals surface area contributed by atoms with Crippen molar-refractivity contribution in [3.8, 4) is 0 Å². The molecule has 0 nitrogen and oxygen atoms in total. The zero-order chi connectivity index (χ0) is 35.8. The van der Waals surface area contributed by atoms with E-state index >= 15 is 0 Å². The largest absolute Gasteiger partial charge is 0.239 e. The van der Waals surface area contributed by atoms with Crippen molar-refractivity contribution in [2.75, 3.05) is 0 Å². The van der Waals surface area contributed by atoms with Crippen molar-refractivity contribution in [2.24, 2.45) is 32.5 Å². The van der Waals surface area contributed by atoms with E-state index in [-0.39, 0.29) is 52.1 Å². The van der Waals surface area contributed by atoms with Gasteiger partial charge in [0.05, 0.1) is 0 Å². The first-order chi connectivity index (χ1) is 21.7. The fourth-order valence-corrected chi connectivity index (χ4v) is 107. The van der Waals surface area contributed by atoms with Gasteiger partial charge in [-0.25, -0.2) is 0 Å². The smallest absolute Gasteiger partial charge is 0.162 e. The first-order valence-electron chi connectivity index (χ1n) is 18.6. The molecule has 0 radical (unpaired) electrons. The molecule has 3 heterocycles. The Balaban J connectivity index is 1.34. The van der Waals surface area contributed by atoms with Crippen LogP contribution in [0.4, 0.5) is 0 Å². The molecule has 6 aliphatic carbocycles. The monoisotopic (exact) mass is 748 g/mol. The first kappa shape index (κ1) is 34.1. The van der Waals surface area contributed by atoms with Crippen LogP contribution in [0.25, 0.3) is 0 Å². The normalized spacial score (nSPS) is 56.2. The highest BCUT2D eigenvalue weighted by atomic mass is 33.1. The van der Waals surface area contributed by atoms with Crippen LogP contribution in [-0.4, -0.2) is 20.5 Å². The maximum Gasteiger partial charge on any atom is 0.239 e. The molecule has 8 atom stereocenters. The number of rotatable bonds is 2. The van der Waals surface area contributed by atoms with Gasteiger partial charge >= 0.3 is 0 Å². The molecule has 3 saturated heterocycles. The molecule has 0 amide bonds. The molecule has 0 aromatic carbocycles. The molecule has 0 aromatic heterocycles. The topological polar surface area (TPSA) is 0 Å². The predicted octanol–water partition coefficient (Wildman–Crippen LogP) is 14.0. The Morgan fingerprint density at radius 1 is 0.354 bits per heavy atom. The summed E-state index contributed by atoms with van der Waals surface area (Å²) in [6.45, 7) is 52.3. The fourth-order valence-electron chi connectivity index (χ4n) is 17.0. The molecule has 6 heteroatoms. The summed E-state index contributed by atoms with van der Waals surface area (Å²) in [4.78, 5) is 0. The average Bonchev–Trinajstić information content (AvgIpc) is 3.52. The molecule has 2 saturated carbocycles. The van der Waals surface area contributed by atoms with Crippen LogP contribution in [0.2, 0.25) is 10.1 Å². The summed E-state index contributed by atoms with van der Waals surface area (Å²) in [5.74, 6) is 0. The third kappa shape index (κ3) is 2.19. The van der Waals surface area contributed by atoms with Gasteiger partial charge in [0.2, 0.25) is 11.0 Å². The summed E-state index contributed by atoms with van der Waals surface area (Å²) in [6.07, 6.45) is 0. The van der Waals surface area contributed by atoms with Crippen molar-refractivity contribution < 1.29 is 0 Å². The summed E-state index contributed by atoms with van der Waals surface area (Å²) in [5.41, 5.74) is 17.1. The van der Waals surface area contributed by atoms with E-state index in [2.05, 4.69) is 182 Å². The molecule has 9 rings (SSSR count). The van der Waals surface area contributed by atoms with E-state index in [4.69, 9.17) is 0 Å². The molecule has 9 aliphatic rings. The molecule has 0 aromatic rings. The van der Waals surface area contributed by atoms with E-state index in [1.807, 2.05) is 0 Å². The SMILES string of the molecule is CC1=C(C)C(C)(C23[C@@]4(C)[C@@](C)(S[Si]25S[Si]2(S[C@@]6(C)C(C)=C(C)[C@@]7(C)C2(C2(C)C(C)=C(C)C(C)=C2C)[C@@]67C)S5)C(C)=C(C)[C@@]34C)C(C)=C1C. The van der Waals surface area contributed by atoms with Gasteiger partial charge in [0.15, 0.2) is 0 Å². The van der Waals surface area contributed by atoms with E-state index < -0.39 is 11.0 Å². The Labute approximate surface area is 310 Å². The van der Waals surface area contributed by atoms with Gasteiger partial charge in [-0.05, 0) is 119 Å². The molecular formula is C42H60S4Si2. The Bertz CT molecular complexity index is 1810. The molecule has 0 N–H and O–H groups in total. The standard InChI is InChI=1S/C42H60S4Si2/c1-21-22(2)26(6)33(13,25(21)5)41-35(15)29(9)31(11)37(17,39(35,41)19)43-47(41)45-48(46-47)42(34(14)27(7)23(3)24(4)28(34)8)36(16)30(10)32(12)38(18,44-48)40(36,42)20/h1-20H3/t35-,36-,37+,38+,39-,40-,41?,42?,47?,48?/m1/s1. The third-order valence-corrected chi connectivity index (χ3v) is 73.0. The molecule has 0 bridgehead atoms. The maximum atomic E-state index is 2.80. The van der Waals surface area contributed by atoms with Gasteiger partial charge in [-0.2, -0.15) is 43.7 Å². The van der Waals surface area contributed by atoms with Crippen LogP contribution >= 0.6 is 43.7 Å². The number of hydrogen-bond donors (Lipinski definition) is 0. The van der Waals surface area contributed by atoms with Crippen LogP contribution in [0, 0.1) is 32.5 Å². The Hall–Kier alpha value is 0.274. The maximum absolute atomic E-state index is 2.80. The molecule has 5 fully saturated rings. The first-order valence-corrected chi connectivity index (χ1v) is 30.2. The summed E-state index contributed by atoms with van der Waals surface area (Å²) < 4.78 is 0.413. The van der Waals surface area contributed by atoms with Gasteiger partial charge in [-0.15, -0.1) is 0 Å². The molecule has 48 heavy (non-hydrogen) atoms. The molecule has 2 spiro atoms. The lowest BCUT2D eigenvalue weighted by atomic mass is 9.67. The minimum absolute atomic E-state index is 0.107. The van der Waals surface area contributed by atoms with Crippen molar-refractivity contribution in [2.45, 2.75) is 158 Å². The van der Waals surface area contributed by atoms with E-state index in [0.29, 0.717) is 0 Å². The zero-order valence-electron chi connectivity index (χ0n) is 33.6. The number of hydrogen-bond acceptors (Lipinski definition) is 4. The summed E-state index contributed by atoms with van der Waals surface area (Å²) in [5, 5.41) is 0.575. The highest BCUT2D eigenvalue weighted by Crippen LogP contribution is 3.17. The van der Waals surface area contributed by atoms with Crippen LogP contribution < -0.4 is 0 Å². The lowest BCUT2D eigenvalue weighted by Crippen LogP contribution is -2.62. The second-order valence-electron chi connectivity index (χ2n) is 19.3. The quantitative estimate of drug-likeness (QED) is 0.204. The number of fused-ring (bicyclic) bond motifs is 4. The van der Waals surface area contributed by atoms with E-state index in [9.17, 15) is 0 Å². The average molecular weight is 749 g/mol. The van der Waals surface area contributed by atoms with Crippen LogP contribution in [0.5, 0.6) is 0 Å². The van der Waals surface area contributed by atoms with Gasteiger partial charge in [-0.1, -0.05) is 86.1 Å². The summed E-state index contributed by atoms with van der Waals surface area (Å²) >= 11 is 5.19. The molecule has 260 valence electrons. The van der Waals surface area contributed by atoms with Crippen molar-refractivity contribution in [1.82, 2.24) is 0 Å². The molecule has 2 unspecified atom stereocenters. The van der Waals surface area contributed by atoms with Crippen molar-refractivity contribution in [3.05, 3.63) is 66.9 Å². The highest BCUT2D eigenvalue weighted by Gasteiger charge is 3.12. The van der Waals surface area contributed by atoms with Crippen molar-refractivity contribution >= 4 is 54.8 Å². The Kier molecular flexibility index (Phi) is 5.70. The summed E-state index contributed by atoms with van der Waals surface area (Å²) in [6, 6.07) is 0. The van der Waals surface area contributed by atoms with E-state index in [1.165, 1.54) is 0 Å². The van der Waals surface area contributed by atoms with Crippen LogP contribution in [0.15, 0.2) is 66.9 Å². The van der Waals surface area contributed by atoms with Gasteiger partial charge in [0.25, 0.3) is 0 Å².